The molecule has 2 atom stereocenters. The molecule has 0 heterocycles. The predicted molar refractivity (Wildman–Crippen MR) is 91.0 cm³/mol. The Kier molecular flexibility index (Phi) is 4.65. The van der Waals surface area contributed by atoms with E-state index in [0.717, 1.165) is 19.3 Å². The average Bonchev–Trinajstić information content (AvgIpc) is 2.55. The van der Waals surface area contributed by atoms with Gasteiger partial charge in [0.1, 0.15) is 0 Å². The summed E-state index contributed by atoms with van der Waals surface area (Å²) in [5.41, 5.74) is 5.69. The molecule has 0 aliphatic heterocycles. The summed E-state index contributed by atoms with van der Waals surface area (Å²) in [5, 5.41) is 0.133. The van der Waals surface area contributed by atoms with Crippen LogP contribution in [0.1, 0.15) is 47.4 Å². The summed E-state index contributed by atoms with van der Waals surface area (Å²) >= 11 is 6.78. The number of rotatable bonds is 4. The van der Waals surface area contributed by atoms with Crippen LogP contribution < -0.4 is 0 Å². The summed E-state index contributed by atoms with van der Waals surface area (Å²) in [6.07, 6.45) is 5.83. The van der Waals surface area contributed by atoms with Gasteiger partial charge in [0.25, 0.3) is 0 Å². The van der Waals surface area contributed by atoms with E-state index in [-0.39, 0.29) is 5.38 Å². The first kappa shape index (κ1) is 14.7. The number of benzene rings is 2. The fraction of sp³-hybridized carbons (Fsp3) is 0.400. The standard InChI is InChI=1S/C20H23Cl/c1-2-5-15-8-10-17(11-9-15)20(21)19-13-12-16-6-3-4-7-18(16)14-19/h3-4,6-11,19-20H,2,5,12-14H2,1H3. The van der Waals surface area contributed by atoms with Gasteiger partial charge in [0.15, 0.2) is 0 Å². The molecular weight excluding hydrogens is 276 g/mol. The first-order valence-electron chi connectivity index (χ1n) is 8.07. The van der Waals surface area contributed by atoms with Crippen molar-refractivity contribution in [2.24, 2.45) is 5.92 Å². The first-order valence-corrected chi connectivity index (χ1v) is 8.51. The number of hydrogen-bond donors (Lipinski definition) is 0. The summed E-state index contributed by atoms with van der Waals surface area (Å²) in [5.74, 6) is 0.554. The number of aryl methyl sites for hydroxylation is 2. The molecule has 2 unspecified atom stereocenters. The molecule has 3 rings (SSSR count). The predicted octanol–water partition coefficient (Wildman–Crippen LogP) is 5.72. The summed E-state index contributed by atoms with van der Waals surface area (Å²) < 4.78 is 0. The molecule has 0 aromatic heterocycles. The van der Waals surface area contributed by atoms with E-state index in [1.165, 1.54) is 35.1 Å². The highest BCUT2D eigenvalue weighted by molar-refractivity contribution is 6.21. The molecule has 110 valence electrons. The Bertz CT molecular complexity index is 585. The second-order valence-corrected chi connectivity index (χ2v) is 6.64. The summed E-state index contributed by atoms with van der Waals surface area (Å²) in [7, 11) is 0. The second-order valence-electron chi connectivity index (χ2n) is 6.16. The summed E-state index contributed by atoms with van der Waals surface area (Å²) in [6.45, 7) is 2.22. The van der Waals surface area contributed by atoms with Crippen LogP contribution in [-0.2, 0) is 19.3 Å². The van der Waals surface area contributed by atoms with Gasteiger partial charge in [-0.3, -0.25) is 0 Å². The minimum atomic E-state index is 0.133. The third-order valence-electron chi connectivity index (χ3n) is 4.64. The van der Waals surface area contributed by atoms with Crippen LogP contribution >= 0.6 is 11.6 Å². The maximum Gasteiger partial charge on any atom is 0.0616 e. The SMILES string of the molecule is CCCc1ccc(C(Cl)C2CCc3ccccc3C2)cc1. The van der Waals surface area contributed by atoms with Crippen molar-refractivity contribution in [1.82, 2.24) is 0 Å². The highest BCUT2D eigenvalue weighted by atomic mass is 35.5. The molecule has 0 radical (unpaired) electrons. The fourth-order valence-corrected chi connectivity index (χ4v) is 3.77. The Hall–Kier alpha value is -1.27. The van der Waals surface area contributed by atoms with Crippen molar-refractivity contribution in [1.29, 1.82) is 0 Å². The zero-order chi connectivity index (χ0) is 14.7. The molecule has 0 bridgehead atoms. The number of hydrogen-bond acceptors (Lipinski definition) is 0. The van der Waals surface area contributed by atoms with Crippen molar-refractivity contribution in [2.75, 3.05) is 0 Å². The van der Waals surface area contributed by atoms with Gasteiger partial charge in [0.05, 0.1) is 5.38 Å². The minimum absolute atomic E-state index is 0.133. The van der Waals surface area contributed by atoms with Crippen molar-refractivity contribution in [3.63, 3.8) is 0 Å². The molecule has 0 N–H and O–H groups in total. The quantitative estimate of drug-likeness (QED) is 0.633. The van der Waals surface area contributed by atoms with Gasteiger partial charge in [0, 0.05) is 0 Å². The van der Waals surface area contributed by atoms with Crippen molar-refractivity contribution in [3.8, 4) is 0 Å². The lowest BCUT2D eigenvalue weighted by Crippen LogP contribution is -2.18. The molecule has 2 aromatic carbocycles. The molecule has 21 heavy (non-hydrogen) atoms. The van der Waals surface area contributed by atoms with E-state index in [9.17, 15) is 0 Å². The number of alkyl halides is 1. The Morgan fingerprint density at radius 3 is 2.48 bits per heavy atom. The number of fused-ring (bicyclic) bond motifs is 1. The van der Waals surface area contributed by atoms with E-state index in [0.29, 0.717) is 5.92 Å². The highest BCUT2D eigenvalue weighted by Gasteiger charge is 2.25. The van der Waals surface area contributed by atoms with Crippen LogP contribution in [0.5, 0.6) is 0 Å². The smallest absolute Gasteiger partial charge is 0.0616 e. The molecule has 1 aliphatic carbocycles. The maximum absolute atomic E-state index is 6.78. The van der Waals surface area contributed by atoms with E-state index in [1.54, 1.807) is 0 Å². The lowest BCUT2D eigenvalue weighted by atomic mass is 9.80. The third kappa shape index (κ3) is 3.32. The molecule has 0 amide bonds. The zero-order valence-electron chi connectivity index (χ0n) is 12.7. The molecule has 0 fully saturated rings. The van der Waals surface area contributed by atoms with Crippen LogP contribution in [0, 0.1) is 5.92 Å². The van der Waals surface area contributed by atoms with Gasteiger partial charge in [-0.2, -0.15) is 0 Å². The Balaban J connectivity index is 1.72. The molecule has 0 nitrogen and oxygen atoms in total. The Morgan fingerprint density at radius 1 is 1.05 bits per heavy atom. The van der Waals surface area contributed by atoms with E-state index in [4.69, 9.17) is 11.6 Å². The normalized spacial score (nSPS) is 19.0. The van der Waals surface area contributed by atoms with E-state index in [1.807, 2.05) is 0 Å². The van der Waals surface area contributed by atoms with Crippen LogP contribution in [0.15, 0.2) is 48.5 Å². The van der Waals surface area contributed by atoms with Gasteiger partial charge in [-0.1, -0.05) is 61.9 Å². The van der Waals surface area contributed by atoms with E-state index < -0.39 is 0 Å². The van der Waals surface area contributed by atoms with Gasteiger partial charge in [-0.15, -0.1) is 11.6 Å². The minimum Gasteiger partial charge on any atom is -0.118 e. The monoisotopic (exact) mass is 298 g/mol. The molecule has 2 aromatic rings. The van der Waals surface area contributed by atoms with Crippen LogP contribution in [0.2, 0.25) is 0 Å². The largest absolute Gasteiger partial charge is 0.118 e. The molecule has 1 heteroatoms. The average molecular weight is 299 g/mol. The highest BCUT2D eigenvalue weighted by Crippen LogP contribution is 2.38. The molecule has 0 saturated carbocycles. The maximum atomic E-state index is 6.78. The van der Waals surface area contributed by atoms with Crippen molar-refractivity contribution >= 4 is 11.6 Å². The third-order valence-corrected chi connectivity index (χ3v) is 5.24. The van der Waals surface area contributed by atoms with Gasteiger partial charge in [0.2, 0.25) is 0 Å². The summed E-state index contributed by atoms with van der Waals surface area (Å²) in [6, 6.07) is 17.7. The molecule has 0 saturated heterocycles. The van der Waals surface area contributed by atoms with Gasteiger partial charge >= 0.3 is 0 Å². The van der Waals surface area contributed by atoms with Crippen molar-refractivity contribution in [3.05, 3.63) is 70.8 Å². The topological polar surface area (TPSA) is 0 Å². The Labute approximate surface area is 133 Å². The van der Waals surface area contributed by atoms with Gasteiger partial charge in [-0.25, -0.2) is 0 Å². The molecule has 1 aliphatic rings. The fourth-order valence-electron chi connectivity index (χ4n) is 3.40. The van der Waals surface area contributed by atoms with Crippen LogP contribution in [0.4, 0.5) is 0 Å². The zero-order valence-corrected chi connectivity index (χ0v) is 13.4. The first-order chi connectivity index (χ1) is 10.3. The lowest BCUT2D eigenvalue weighted by molar-refractivity contribution is 0.443. The second kappa shape index (κ2) is 6.66. The van der Waals surface area contributed by atoms with Gasteiger partial charge < -0.3 is 0 Å². The Morgan fingerprint density at radius 2 is 1.76 bits per heavy atom. The van der Waals surface area contributed by atoms with E-state index >= 15 is 0 Å². The van der Waals surface area contributed by atoms with Gasteiger partial charge in [-0.05, 0) is 53.9 Å². The van der Waals surface area contributed by atoms with Crippen LogP contribution in [0.25, 0.3) is 0 Å². The summed E-state index contributed by atoms with van der Waals surface area (Å²) in [4.78, 5) is 0. The van der Waals surface area contributed by atoms with E-state index in [2.05, 4.69) is 55.5 Å². The van der Waals surface area contributed by atoms with Crippen LogP contribution in [-0.4, -0.2) is 0 Å². The van der Waals surface area contributed by atoms with Crippen LogP contribution in [0.3, 0.4) is 0 Å². The molecule has 0 spiro atoms. The number of halogens is 1. The lowest BCUT2D eigenvalue weighted by Gasteiger charge is -2.28. The van der Waals surface area contributed by atoms with Crippen molar-refractivity contribution < 1.29 is 0 Å². The van der Waals surface area contributed by atoms with Crippen molar-refractivity contribution in [2.45, 2.75) is 44.4 Å². The molecular formula is C20H23Cl.